The first kappa shape index (κ1) is 8.59. The molecule has 0 spiro atoms. The van der Waals surface area contributed by atoms with Gasteiger partial charge in [0.2, 0.25) is 0 Å². The number of Topliss-reactive ketones (excluding diaryl/α,β-unsaturated/α-hetero) is 1. The van der Waals surface area contributed by atoms with Crippen molar-refractivity contribution in [1.29, 1.82) is 0 Å². The van der Waals surface area contributed by atoms with Crippen molar-refractivity contribution in [3.63, 3.8) is 0 Å². The number of aliphatic hydroxyl groups is 1. The highest BCUT2D eigenvalue weighted by Gasteiger charge is 1.99. The Morgan fingerprint density at radius 3 is 2.67 bits per heavy atom. The molecule has 0 aliphatic rings. The van der Waals surface area contributed by atoms with Gasteiger partial charge in [-0.15, -0.1) is 0 Å². The molecule has 0 fully saturated rings. The molecular formula is C6H12O3. The van der Waals surface area contributed by atoms with E-state index in [9.17, 15) is 4.79 Å². The van der Waals surface area contributed by atoms with E-state index in [4.69, 9.17) is 5.11 Å². The Kier molecular flexibility index (Phi) is 4.26. The molecule has 0 aromatic heterocycles. The fraction of sp³-hybridized carbons (Fsp3) is 0.833. The van der Waals surface area contributed by atoms with Gasteiger partial charge in [-0.25, -0.2) is 0 Å². The maximum atomic E-state index is 10.5. The predicted molar refractivity (Wildman–Crippen MR) is 32.9 cm³/mol. The molecule has 0 amide bonds. The van der Waals surface area contributed by atoms with Crippen LogP contribution in [0, 0.1) is 0 Å². The molecule has 1 N–H and O–H groups in total. The third-order valence-electron chi connectivity index (χ3n) is 0.880. The predicted octanol–water partition coefficient (Wildman–Crippen LogP) is 0.320. The second-order valence-electron chi connectivity index (χ2n) is 1.80. The number of carbonyl (C=O) groups excluding carboxylic acids is 1. The first-order valence-electron chi connectivity index (χ1n) is 2.98. The van der Waals surface area contributed by atoms with E-state index in [0.717, 1.165) is 0 Å². The van der Waals surface area contributed by atoms with Crippen LogP contribution in [0.25, 0.3) is 0 Å². The average Bonchev–Trinajstić information content (AvgIpc) is 1.83. The zero-order chi connectivity index (χ0) is 7.28. The minimum absolute atomic E-state index is 0.0101. The van der Waals surface area contributed by atoms with Gasteiger partial charge in [-0.1, -0.05) is 6.92 Å². The lowest BCUT2D eigenvalue weighted by Gasteiger charge is -2.03. The van der Waals surface area contributed by atoms with Crippen LogP contribution in [-0.4, -0.2) is 23.8 Å². The van der Waals surface area contributed by atoms with E-state index in [2.05, 4.69) is 4.74 Å². The molecule has 0 saturated carbocycles. The van der Waals surface area contributed by atoms with Gasteiger partial charge in [0.1, 0.15) is 6.61 Å². The summed E-state index contributed by atoms with van der Waals surface area (Å²) in [5.41, 5.74) is 0. The first-order chi connectivity index (χ1) is 4.16. The summed E-state index contributed by atoms with van der Waals surface area (Å²) in [5.74, 6) is 0.0101. The summed E-state index contributed by atoms with van der Waals surface area (Å²) in [4.78, 5) is 10.5. The van der Waals surface area contributed by atoms with Crippen LogP contribution in [0.2, 0.25) is 0 Å². The largest absolute Gasteiger partial charge is 0.368 e. The van der Waals surface area contributed by atoms with Gasteiger partial charge in [0.15, 0.2) is 12.1 Å². The van der Waals surface area contributed by atoms with Crippen LogP contribution in [0.3, 0.4) is 0 Å². The van der Waals surface area contributed by atoms with Gasteiger partial charge in [0.05, 0.1) is 0 Å². The summed E-state index contributed by atoms with van der Waals surface area (Å²) in [6.45, 7) is 3.25. The zero-order valence-corrected chi connectivity index (χ0v) is 5.76. The highest BCUT2D eigenvalue weighted by Crippen LogP contribution is 1.86. The van der Waals surface area contributed by atoms with Gasteiger partial charge in [0.25, 0.3) is 0 Å². The van der Waals surface area contributed by atoms with Crippen LogP contribution in [-0.2, 0) is 9.53 Å². The average molecular weight is 132 g/mol. The minimum Gasteiger partial charge on any atom is -0.368 e. The van der Waals surface area contributed by atoms with Crippen LogP contribution < -0.4 is 0 Å². The number of hydrogen-bond donors (Lipinski definition) is 1. The van der Waals surface area contributed by atoms with E-state index in [1.54, 1.807) is 6.92 Å². The summed E-state index contributed by atoms with van der Waals surface area (Å²) >= 11 is 0. The quantitative estimate of drug-likeness (QED) is 0.560. The Bertz CT molecular complexity index is 88.3. The molecule has 0 saturated heterocycles. The zero-order valence-electron chi connectivity index (χ0n) is 5.76. The number of ketones is 1. The molecule has 0 aliphatic carbocycles. The maximum Gasteiger partial charge on any atom is 0.158 e. The third-order valence-corrected chi connectivity index (χ3v) is 0.880. The van der Waals surface area contributed by atoms with Crippen molar-refractivity contribution >= 4 is 5.78 Å². The van der Waals surface area contributed by atoms with Gasteiger partial charge in [-0.2, -0.15) is 0 Å². The molecule has 0 aliphatic heterocycles. The molecule has 0 aromatic rings. The lowest BCUT2D eigenvalue weighted by atomic mass is 10.3. The fourth-order valence-electron chi connectivity index (χ4n) is 0.316. The third kappa shape index (κ3) is 5.46. The fourth-order valence-corrected chi connectivity index (χ4v) is 0.316. The highest BCUT2D eigenvalue weighted by molar-refractivity contribution is 5.79. The van der Waals surface area contributed by atoms with Crippen molar-refractivity contribution in [2.24, 2.45) is 0 Å². The Labute approximate surface area is 54.6 Å². The van der Waals surface area contributed by atoms with Crippen molar-refractivity contribution in [2.45, 2.75) is 26.6 Å². The van der Waals surface area contributed by atoms with Crippen molar-refractivity contribution in [3.8, 4) is 0 Å². The lowest BCUT2D eigenvalue weighted by Crippen LogP contribution is -2.13. The van der Waals surface area contributed by atoms with E-state index in [1.807, 2.05) is 0 Å². The molecule has 0 rings (SSSR count). The second-order valence-corrected chi connectivity index (χ2v) is 1.80. The molecule has 3 nitrogen and oxygen atoms in total. The summed E-state index contributed by atoms with van der Waals surface area (Å²) in [5, 5.41) is 8.52. The monoisotopic (exact) mass is 132 g/mol. The Morgan fingerprint density at radius 1 is 1.78 bits per heavy atom. The number of hydrogen-bond acceptors (Lipinski definition) is 3. The second kappa shape index (κ2) is 4.47. The molecule has 1 atom stereocenters. The lowest BCUT2D eigenvalue weighted by molar-refractivity contribution is -0.135. The maximum absolute atomic E-state index is 10.5. The number of rotatable bonds is 4. The smallest absolute Gasteiger partial charge is 0.158 e. The molecule has 1 unspecified atom stereocenters. The topological polar surface area (TPSA) is 46.5 Å². The van der Waals surface area contributed by atoms with Gasteiger partial charge in [-0.3, -0.25) is 4.79 Å². The van der Waals surface area contributed by atoms with Gasteiger partial charge in [0, 0.05) is 6.42 Å². The summed E-state index contributed by atoms with van der Waals surface area (Å²) < 4.78 is 4.60. The van der Waals surface area contributed by atoms with E-state index in [0.29, 0.717) is 6.42 Å². The number of ether oxygens (including phenoxy) is 1. The first-order valence-corrected chi connectivity index (χ1v) is 2.98. The molecule has 3 heteroatoms. The van der Waals surface area contributed by atoms with Crippen LogP contribution in [0.5, 0.6) is 0 Å². The molecule has 0 radical (unpaired) electrons. The molecular weight excluding hydrogens is 120 g/mol. The number of carbonyl (C=O) groups is 1. The SMILES string of the molecule is CCC(=O)COC(C)O. The molecule has 54 valence electrons. The number of aliphatic hydroxyl groups excluding tert-OH is 1. The Hall–Kier alpha value is -0.410. The molecule has 9 heavy (non-hydrogen) atoms. The van der Waals surface area contributed by atoms with Crippen LogP contribution in [0.15, 0.2) is 0 Å². The van der Waals surface area contributed by atoms with Gasteiger partial charge in [-0.05, 0) is 6.92 Å². The van der Waals surface area contributed by atoms with E-state index >= 15 is 0 Å². The highest BCUT2D eigenvalue weighted by atomic mass is 16.6. The van der Waals surface area contributed by atoms with Crippen molar-refractivity contribution in [2.75, 3.05) is 6.61 Å². The normalized spacial score (nSPS) is 13.2. The Morgan fingerprint density at radius 2 is 2.33 bits per heavy atom. The van der Waals surface area contributed by atoms with Crippen molar-refractivity contribution in [3.05, 3.63) is 0 Å². The van der Waals surface area contributed by atoms with Gasteiger partial charge < -0.3 is 9.84 Å². The van der Waals surface area contributed by atoms with Gasteiger partial charge >= 0.3 is 0 Å². The summed E-state index contributed by atoms with van der Waals surface area (Å²) in [7, 11) is 0. The minimum atomic E-state index is -0.833. The molecule has 0 heterocycles. The molecule has 0 bridgehead atoms. The van der Waals surface area contributed by atoms with Crippen molar-refractivity contribution < 1.29 is 14.6 Å². The van der Waals surface area contributed by atoms with Crippen LogP contribution in [0.1, 0.15) is 20.3 Å². The Balaban J connectivity index is 3.17. The van der Waals surface area contributed by atoms with Crippen molar-refractivity contribution in [1.82, 2.24) is 0 Å². The molecule has 0 aromatic carbocycles. The van der Waals surface area contributed by atoms with E-state index < -0.39 is 6.29 Å². The summed E-state index contributed by atoms with van der Waals surface area (Å²) in [6, 6.07) is 0. The van der Waals surface area contributed by atoms with E-state index in [1.165, 1.54) is 6.92 Å². The van der Waals surface area contributed by atoms with Crippen LogP contribution >= 0.6 is 0 Å². The van der Waals surface area contributed by atoms with E-state index in [-0.39, 0.29) is 12.4 Å². The standard InChI is InChI=1S/C6H12O3/c1-3-6(8)4-9-5(2)7/h5,7H,3-4H2,1-2H3. The van der Waals surface area contributed by atoms with Crippen LogP contribution in [0.4, 0.5) is 0 Å². The summed E-state index contributed by atoms with van der Waals surface area (Å²) in [6.07, 6.45) is -0.368.